The quantitative estimate of drug-likeness (QED) is 0.803. The van der Waals surface area contributed by atoms with Gasteiger partial charge in [-0.2, -0.15) is 0 Å². The van der Waals surface area contributed by atoms with Crippen LogP contribution < -0.4 is 5.32 Å². The second-order valence-electron chi connectivity index (χ2n) is 4.41. The Kier molecular flexibility index (Phi) is 3.44. The highest BCUT2D eigenvalue weighted by atomic mass is 16.4. The zero-order chi connectivity index (χ0) is 11.4. The topological polar surface area (TPSA) is 49.3 Å². The molecule has 0 radical (unpaired) electrons. The van der Waals surface area contributed by atoms with Crippen LogP contribution >= 0.6 is 0 Å². The van der Waals surface area contributed by atoms with Crippen LogP contribution in [-0.4, -0.2) is 17.2 Å². The number of amides is 1. The van der Waals surface area contributed by atoms with Gasteiger partial charge in [-0.3, -0.25) is 0 Å². The third-order valence-electron chi connectivity index (χ3n) is 3.33. The average Bonchev–Trinajstić information content (AvgIpc) is 2.30. The lowest BCUT2D eigenvalue weighted by atomic mass is 9.82. The van der Waals surface area contributed by atoms with Crippen LogP contribution in [-0.2, 0) is 0 Å². The highest BCUT2D eigenvalue weighted by Crippen LogP contribution is 2.32. The van der Waals surface area contributed by atoms with Crippen LogP contribution in [0.5, 0.6) is 0 Å². The molecule has 2 N–H and O–H groups in total. The van der Waals surface area contributed by atoms with Gasteiger partial charge in [0.05, 0.1) is 0 Å². The number of carbonyl (C=O) groups is 1. The van der Waals surface area contributed by atoms with E-state index in [0.29, 0.717) is 5.92 Å². The number of carboxylic acid groups (broad SMARTS) is 1. The molecule has 0 heterocycles. The number of nitrogens with one attached hydrogen (secondary N) is 1. The Hall–Kier alpha value is -1.51. The van der Waals surface area contributed by atoms with E-state index in [0.717, 1.165) is 25.7 Å². The number of benzene rings is 1. The summed E-state index contributed by atoms with van der Waals surface area (Å²) in [5.41, 5.74) is 1.39. The van der Waals surface area contributed by atoms with E-state index in [9.17, 15) is 4.79 Å². The minimum atomic E-state index is -0.900. The monoisotopic (exact) mass is 219 g/mol. The molecular formula is C13H17NO2. The van der Waals surface area contributed by atoms with Crippen molar-refractivity contribution in [3.8, 4) is 0 Å². The summed E-state index contributed by atoms with van der Waals surface area (Å²) in [5.74, 6) is 0.605. The predicted octanol–water partition coefficient (Wildman–Crippen LogP) is 2.98. The fourth-order valence-corrected chi connectivity index (χ4v) is 2.47. The predicted molar refractivity (Wildman–Crippen MR) is 62.6 cm³/mol. The first-order valence-corrected chi connectivity index (χ1v) is 5.80. The average molecular weight is 219 g/mol. The maximum Gasteiger partial charge on any atom is 0.404 e. The molecule has 0 aliphatic heterocycles. The van der Waals surface area contributed by atoms with Crippen LogP contribution in [0.4, 0.5) is 4.79 Å². The van der Waals surface area contributed by atoms with Crippen molar-refractivity contribution in [3.63, 3.8) is 0 Å². The van der Waals surface area contributed by atoms with E-state index >= 15 is 0 Å². The van der Waals surface area contributed by atoms with E-state index in [-0.39, 0.29) is 6.04 Å². The first kappa shape index (κ1) is 11.0. The van der Waals surface area contributed by atoms with Crippen LogP contribution in [0.25, 0.3) is 0 Å². The molecule has 1 aliphatic carbocycles. The van der Waals surface area contributed by atoms with Crippen molar-refractivity contribution in [1.82, 2.24) is 5.32 Å². The SMILES string of the molecule is O=C(O)NC1CCC(c2ccccc2)CC1. The normalized spacial score (nSPS) is 25.0. The van der Waals surface area contributed by atoms with Gasteiger partial charge in [-0.25, -0.2) is 4.79 Å². The molecule has 3 heteroatoms. The van der Waals surface area contributed by atoms with Crippen molar-refractivity contribution >= 4 is 6.09 Å². The van der Waals surface area contributed by atoms with E-state index in [2.05, 4.69) is 29.6 Å². The molecule has 1 aromatic rings. The smallest absolute Gasteiger partial charge is 0.404 e. The van der Waals surface area contributed by atoms with Crippen molar-refractivity contribution in [2.45, 2.75) is 37.6 Å². The molecule has 0 saturated heterocycles. The molecule has 0 unspecified atom stereocenters. The van der Waals surface area contributed by atoms with Gasteiger partial charge in [0.1, 0.15) is 0 Å². The van der Waals surface area contributed by atoms with Crippen molar-refractivity contribution in [1.29, 1.82) is 0 Å². The van der Waals surface area contributed by atoms with Gasteiger partial charge < -0.3 is 10.4 Å². The van der Waals surface area contributed by atoms with Gasteiger partial charge in [-0.15, -0.1) is 0 Å². The minimum absolute atomic E-state index is 0.150. The van der Waals surface area contributed by atoms with E-state index in [1.54, 1.807) is 0 Å². The van der Waals surface area contributed by atoms with Crippen molar-refractivity contribution in [3.05, 3.63) is 35.9 Å². The Balaban J connectivity index is 1.88. The first-order chi connectivity index (χ1) is 7.75. The van der Waals surface area contributed by atoms with Gasteiger partial charge in [0.2, 0.25) is 0 Å². The molecule has 86 valence electrons. The molecular weight excluding hydrogens is 202 g/mol. The maximum atomic E-state index is 10.5. The fraction of sp³-hybridized carbons (Fsp3) is 0.462. The standard InChI is InChI=1S/C13H17NO2/c15-13(16)14-12-8-6-11(7-9-12)10-4-2-1-3-5-10/h1-5,11-12,14H,6-9H2,(H,15,16). The highest BCUT2D eigenvalue weighted by molar-refractivity contribution is 5.64. The Morgan fingerprint density at radius 1 is 1.12 bits per heavy atom. The summed E-state index contributed by atoms with van der Waals surface area (Å²) in [6, 6.07) is 10.6. The van der Waals surface area contributed by atoms with E-state index in [4.69, 9.17) is 5.11 Å². The van der Waals surface area contributed by atoms with Crippen molar-refractivity contribution < 1.29 is 9.90 Å². The largest absolute Gasteiger partial charge is 0.465 e. The summed E-state index contributed by atoms with van der Waals surface area (Å²) in [6.45, 7) is 0. The van der Waals surface area contributed by atoms with E-state index < -0.39 is 6.09 Å². The Bertz CT molecular complexity index is 342. The maximum absolute atomic E-state index is 10.5. The number of hydrogen-bond donors (Lipinski definition) is 2. The molecule has 16 heavy (non-hydrogen) atoms. The summed E-state index contributed by atoms with van der Waals surface area (Å²) in [4.78, 5) is 10.5. The zero-order valence-electron chi connectivity index (χ0n) is 9.23. The fourth-order valence-electron chi connectivity index (χ4n) is 2.47. The van der Waals surface area contributed by atoms with Gasteiger partial charge in [0, 0.05) is 6.04 Å². The first-order valence-electron chi connectivity index (χ1n) is 5.80. The van der Waals surface area contributed by atoms with Gasteiger partial charge >= 0.3 is 6.09 Å². The number of hydrogen-bond acceptors (Lipinski definition) is 1. The van der Waals surface area contributed by atoms with Crippen LogP contribution in [0.3, 0.4) is 0 Å². The zero-order valence-corrected chi connectivity index (χ0v) is 9.23. The molecule has 1 aromatic carbocycles. The van der Waals surface area contributed by atoms with Crippen LogP contribution in [0, 0.1) is 0 Å². The molecule has 2 rings (SSSR count). The molecule has 1 saturated carbocycles. The third kappa shape index (κ3) is 2.75. The third-order valence-corrected chi connectivity index (χ3v) is 3.33. The summed E-state index contributed by atoms with van der Waals surface area (Å²) in [6.07, 6.45) is 3.16. The molecule has 0 aromatic heterocycles. The summed E-state index contributed by atoms with van der Waals surface area (Å²) in [5, 5.41) is 11.2. The second kappa shape index (κ2) is 5.01. The van der Waals surface area contributed by atoms with Gasteiger partial charge in [0.15, 0.2) is 0 Å². The molecule has 3 nitrogen and oxygen atoms in total. The minimum Gasteiger partial charge on any atom is -0.465 e. The molecule has 1 fully saturated rings. The molecule has 0 spiro atoms. The van der Waals surface area contributed by atoms with Gasteiger partial charge in [-0.1, -0.05) is 30.3 Å². The van der Waals surface area contributed by atoms with Crippen LogP contribution in [0.2, 0.25) is 0 Å². The van der Waals surface area contributed by atoms with E-state index in [1.807, 2.05) is 6.07 Å². The van der Waals surface area contributed by atoms with Gasteiger partial charge in [-0.05, 0) is 37.2 Å². The lowest BCUT2D eigenvalue weighted by Gasteiger charge is -2.28. The molecule has 1 amide bonds. The van der Waals surface area contributed by atoms with Gasteiger partial charge in [0.25, 0.3) is 0 Å². The lowest BCUT2D eigenvalue weighted by Crippen LogP contribution is -2.36. The Morgan fingerprint density at radius 3 is 2.31 bits per heavy atom. The van der Waals surface area contributed by atoms with Crippen LogP contribution in [0.15, 0.2) is 30.3 Å². The Morgan fingerprint density at radius 2 is 1.75 bits per heavy atom. The van der Waals surface area contributed by atoms with Crippen LogP contribution in [0.1, 0.15) is 37.2 Å². The van der Waals surface area contributed by atoms with Crippen molar-refractivity contribution in [2.24, 2.45) is 0 Å². The highest BCUT2D eigenvalue weighted by Gasteiger charge is 2.22. The molecule has 0 bridgehead atoms. The second-order valence-corrected chi connectivity index (χ2v) is 4.41. The Labute approximate surface area is 95.5 Å². The number of rotatable bonds is 2. The summed E-state index contributed by atoms with van der Waals surface area (Å²) < 4.78 is 0. The summed E-state index contributed by atoms with van der Waals surface area (Å²) in [7, 11) is 0. The lowest BCUT2D eigenvalue weighted by molar-refractivity contribution is 0.185. The van der Waals surface area contributed by atoms with Crippen molar-refractivity contribution in [2.75, 3.05) is 0 Å². The molecule has 0 atom stereocenters. The van der Waals surface area contributed by atoms with E-state index in [1.165, 1.54) is 5.56 Å². The summed E-state index contributed by atoms with van der Waals surface area (Å²) >= 11 is 0. The molecule has 1 aliphatic rings.